The minimum Gasteiger partial charge on any atom is -0.493 e. The van der Waals surface area contributed by atoms with Crippen LogP contribution in [0.3, 0.4) is 0 Å². The van der Waals surface area contributed by atoms with Gasteiger partial charge in [0, 0.05) is 6.07 Å². The molecule has 0 saturated carbocycles. The number of nitro groups is 1. The van der Waals surface area contributed by atoms with Gasteiger partial charge in [0.15, 0.2) is 0 Å². The van der Waals surface area contributed by atoms with Crippen LogP contribution >= 0.6 is 0 Å². The summed E-state index contributed by atoms with van der Waals surface area (Å²) in [6.07, 6.45) is -4.90. The zero-order valence-corrected chi connectivity index (χ0v) is 8.65. The Balaban J connectivity index is 3.07. The first-order chi connectivity index (χ1) is 7.81. The molecule has 5 nitrogen and oxygen atoms in total. The second-order valence-electron chi connectivity index (χ2n) is 2.90. The highest BCUT2D eigenvalue weighted by Gasteiger charge is 2.32. The second-order valence-corrected chi connectivity index (χ2v) is 2.90. The van der Waals surface area contributed by atoms with Crippen LogP contribution in [0.25, 0.3) is 0 Å². The fourth-order valence-electron chi connectivity index (χ4n) is 1.10. The number of rotatable bonds is 4. The first-order valence-corrected chi connectivity index (χ1v) is 4.50. The number of halogens is 3. The van der Waals surface area contributed by atoms with Gasteiger partial charge < -0.3 is 9.47 Å². The van der Waals surface area contributed by atoms with Crippen LogP contribution < -0.4 is 9.47 Å². The van der Waals surface area contributed by atoms with Crippen LogP contribution in [0.5, 0.6) is 11.5 Å². The Kier molecular flexibility index (Phi) is 3.77. The van der Waals surface area contributed by atoms with Crippen LogP contribution in [0.1, 0.15) is 6.92 Å². The predicted octanol–water partition coefficient (Wildman–Crippen LogP) is 2.89. The molecule has 0 aliphatic rings. The van der Waals surface area contributed by atoms with E-state index in [1.54, 1.807) is 6.92 Å². The van der Waals surface area contributed by atoms with E-state index in [1.807, 2.05) is 0 Å². The Morgan fingerprint density at radius 1 is 1.29 bits per heavy atom. The third kappa shape index (κ3) is 4.17. The molecule has 8 heteroatoms. The van der Waals surface area contributed by atoms with Crippen molar-refractivity contribution in [2.75, 3.05) is 6.61 Å². The summed E-state index contributed by atoms with van der Waals surface area (Å²) in [4.78, 5) is 9.66. The van der Waals surface area contributed by atoms with Crippen molar-refractivity contribution >= 4 is 5.69 Å². The number of non-ortho nitro benzene ring substituents is 1. The highest BCUT2D eigenvalue weighted by molar-refractivity contribution is 5.46. The Hall–Kier alpha value is -1.99. The monoisotopic (exact) mass is 251 g/mol. The largest absolute Gasteiger partial charge is 0.573 e. The van der Waals surface area contributed by atoms with Crippen molar-refractivity contribution in [3.05, 3.63) is 28.3 Å². The van der Waals surface area contributed by atoms with Gasteiger partial charge in [0.05, 0.1) is 23.7 Å². The van der Waals surface area contributed by atoms with E-state index in [1.165, 1.54) is 0 Å². The molecule has 0 heterocycles. The fraction of sp³-hybridized carbons (Fsp3) is 0.333. The molecular formula is C9H8F3NO4. The Morgan fingerprint density at radius 2 is 1.88 bits per heavy atom. The summed E-state index contributed by atoms with van der Waals surface area (Å²) in [7, 11) is 0. The molecule has 0 amide bonds. The Bertz CT molecular complexity index is 419. The first-order valence-electron chi connectivity index (χ1n) is 4.50. The molecule has 0 saturated heterocycles. The van der Waals surface area contributed by atoms with Crippen molar-refractivity contribution in [2.45, 2.75) is 13.3 Å². The zero-order chi connectivity index (χ0) is 13.1. The van der Waals surface area contributed by atoms with Gasteiger partial charge in [0.2, 0.25) is 0 Å². The molecule has 0 radical (unpaired) electrons. The number of nitro benzene ring substituents is 1. The smallest absolute Gasteiger partial charge is 0.493 e. The van der Waals surface area contributed by atoms with Crippen molar-refractivity contribution in [3.63, 3.8) is 0 Å². The summed E-state index contributed by atoms with van der Waals surface area (Å²) < 4.78 is 44.4. The van der Waals surface area contributed by atoms with Gasteiger partial charge in [-0.15, -0.1) is 13.2 Å². The Morgan fingerprint density at radius 3 is 2.35 bits per heavy atom. The molecule has 1 rings (SSSR count). The standard InChI is InChI=1S/C9H8F3NO4/c1-2-16-7-3-6(13(14)15)4-8(5-7)17-9(10,11)12/h3-5H,2H2,1H3. The molecule has 0 aromatic heterocycles. The van der Waals surface area contributed by atoms with E-state index in [2.05, 4.69) is 4.74 Å². The molecule has 1 aromatic rings. The van der Waals surface area contributed by atoms with Gasteiger partial charge in [-0.2, -0.15) is 0 Å². The lowest BCUT2D eigenvalue weighted by molar-refractivity contribution is -0.385. The van der Waals surface area contributed by atoms with Crippen LogP contribution in [-0.4, -0.2) is 17.9 Å². The minimum absolute atomic E-state index is 0.0547. The van der Waals surface area contributed by atoms with Crippen molar-refractivity contribution in [2.24, 2.45) is 0 Å². The number of nitrogens with zero attached hydrogens (tertiary/aromatic N) is 1. The zero-order valence-electron chi connectivity index (χ0n) is 8.65. The molecule has 0 fully saturated rings. The summed E-state index contributed by atoms with van der Waals surface area (Å²) in [5, 5.41) is 10.5. The predicted molar refractivity (Wildman–Crippen MR) is 50.9 cm³/mol. The molecule has 94 valence electrons. The summed E-state index contributed by atoms with van der Waals surface area (Å²) >= 11 is 0. The van der Waals surface area contributed by atoms with E-state index >= 15 is 0 Å². The topological polar surface area (TPSA) is 61.6 Å². The van der Waals surface area contributed by atoms with Crippen LogP contribution in [0.2, 0.25) is 0 Å². The summed E-state index contributed by atoms with van der Waals surface area (Å²) in [5.74, 6) is -0.740. The SMILES string of the molecule is CCOc1cc(OC(F)(F)F)cc([N+](=O)[O-])c1. The molecule has 0 N–H and O–H groups in total. The van der Waals surface area contributed by atoms with Gasteiger partial charge in [-0.1, -0.05) is 0 Å². The number of alkyl halides is 3. The maximum Gasteiger partial charge on any atom is 0.573 e. The van der Waals surface area contributed by atoms with Gasteiger partial charge in [0.25, 0.3) is 5.69 Å². The molecule has 0 unspecified atom stereocenters. The molecule has 0 atom stereocenters. The summed E-state index contributed by atoms with van der Waals surface area (Å²) in [6.45, 7) is 1.77. The molecule has 0 aliphatic carbocycles. The summed E-state index contributed by atoms with van der Waals surface area (Å²) in [6, 6.07) is 2.63. The molecule has 17 heavy (non-hydrogen) atoms. The van der Waals surface area contributed by atoms with Crippen molar-refractivity contribution in [1.82, 2.24) is 0 Å². The number of ether oxygens (including phenoxy) is 2. The summed E-state index contributed by atoms with van der Waals surface area (Å²) in [5.41, 5.74) is -0.532. The molecule has 0 spiro atoms. The highest BCUT2D eigenvalue weighted by atomic mass is 19.4. The molecule has 0 bridgehead atoms. The van der Waals surface area contributed by atoms with Crippen LogP contribution in [0.15, 0.2) is 18.2 Å². The van der Waals surface area contributed by atoms with Crippen molar-refractivity contribution < 1.29 is 27.6 Å². The fourth-order valence-corrected chi connectivity index (χ4v) is 1.10. The van der Waals surface area contributed by atoms with E-state index in [0.717, 1.165) is 12.1 Å². The maximum absolute atomic E-state index is 12.0. The maximum atomic E-state index is 12.0. The van der Waals surface area contributed by atoms with E-state index in [9.17, 15) is 23.3 Å². The van der Waals surface area contributed by atoms with Gasteiger partial charge in [-0.25, -0.2) is 0 Å². The molecule has 0 aliphatic heterocycles. The van der Waals surface area contributed by atoms with Gasteiger partial charge in [-0.05, 0) is 6.92 Å². The molecular weight excluding hydrogens is 243 g/mol. The minimum atomic E-state index is -4.90. The van der Waals surface area contributed by atoms with Crippen LogP contribution in [0, 0.1) is 10.1 Å². The van der Waals surface area contributed by atoms with Gasteiger partial charge in [-0.3, -0.25) is 10.1 Å². The average Bonchev–Trinajstić information content (AvgIpc) is 2.14. The lowest BCUT2D eigenvalue weighted by atomic mass is 10.3. The third-order valence-corrected chi connectivity index (χ3v) is 1.62. The van der Waals surface area contributed by atoms with Crippen molar-refractivity contribution in [3.8, 4) is 11.5 Å². The molecule has 1 aromatic carbocycles. The third-order valence-electron chi connectivity index (χ3n) is 1.62. The van der Waals surface area contributed by atoms with E-state index < -0.39 is 22.7 Å². The lowest BCUT2D eigenvalue weighted by Crippen LogP contribution is -2.17. The highest BCUT2D eigenvalue weighted by Crippen LogP contribution is 2.31. The lowest BCUT2D eigenvalue weighted by Gasteiger charge is -2.10. The van der Waals surface area contributed by atoms with E-state index in [0.29, 0.717) is 6.07 Å². The van der Waals surface area contributed by atoms with E-state index in [-0.39, 0.29) is 12.4 Å². The van der Waals surface area contributed by atoms with Crippen LogP contribution in [-0.2, 0) is 0 Å². The number of hydrogen-bond donors (Lipinski definition) is 0. The van der Waals surface area contributed by atoms with Gasteiger partial charge in [0.1, 0.15) is 11.5 Å². The average molecular weight is 251 g/mol. The number of hydrogen-bond acceptors (Lipinski definition) is 4. The quantitative estimate of drug-likeness (QED) is 0.609. The normalized spacial score (nSPS) is 11.1. The Labute approximate surface area is 93.9 Å². The number of benzene rings is 1. The van der Waals surface area contributed by atoms with E-state index in [4.69, 9.17) is 4.74 Å². The van der Waals surface area contributed by atoms with Crippen molar-refractivity contribution in [1.29, 1.82) is 0 Å². The van der Waals surface area contributed by atoms with Gasteiger partial charge >= 0.3 is 6.36 Å². The first kappa shape index (κ1) is 13.1. The van der Waals surface area contributed by atoms with Crippen LogP contribution in [0.4, 0.5) is 18.9 Å². The second kappa shape index (κ2) is 4.89.